The van der Waals surface area contributed by atoms with Gasteiger partial charge in [0.2, 0.25) is 0 Å². The van der Waals surface area contributed by atoms with Gasteiger partial charge in [0.1, 0.15) is 0 Å². The van der Waals surface area contributed by atoms with Crippen molar-refractivity contribution in [3.05, 3.63) is 47.5 Å². The monoisotopic (exact) mass is 209 g/mol. The second-order valence-electron chi connectivity index (χ2n) is 3.30. The molecule has 0 aliphatic rings. The topological polar surface area (TPSA) is 12.0 Å². The Bertz CT molecular complexity index is 279. The molecule has 1 aromatic rings. The minimum absolute atomic E-state index is 0.368. The quantitative estimate of drug-likeness (QED) is 0.578. The van der Waals surface area contributed by atoms with E-state index in [4.69, 9.17) is 11.6 Å². The first kappa shape index (κ1) is 11.3. The van der Waals surface area contributed by atoms with Gasteiger partial charge in [0.15, 0.2) is 0 Å². The van der Waals surface area contributed by atoms with Crippen LogP contribution < -0.4 is 5.32 Å². The van der Waals surface area contributed by atoms with Crippen LogP contribution in [0.4, 0.5) is 0 Å². The third-order valence-corrected chi connectivity index (χ3v) is 2.42. The van der Waals surface area contributed by atoms with E-state index < -0.39 is 0 Å². The molecule has 0 amide bonds. The maximum absolute atomic E-state index is 5.81. The number of benzene rings is 1. The van der Waals surface area contributed by atoms with Crippen molar-refractivity contribution in [1.29, 1.82) is 0 Å². The first-order valence-corrected chi connectivity index (χ1v) is 5.21. The molecular formula is C12H16ClN. The fourth-order valence-corrected chi connectivity index (χ4v) is 1.40. The van der Waals surface area contributed by atoms with Crippen LogP contribution in [0.1, 0.15) is 24.9 Å². The van der Waals surface area contributed by atoms with Crippen LogP contribution in [0, 0.1) is 0 Å². The SMILES string of the molecule is C=CCCNC(C)c1ccc(Cl)cc1. The summed E-state index contributed by atoms with van der Waals surface area (Å²) in [6, 6.07) is 8.31. The highest BCUT2D eigenvalue weighted by Gasteiger charge is 2.02. The molecule has 0 spiro atoms. The minimum Gasteiger partial charge on any atom is -0.310 e. The molecule has 0 saturated carbocycles. The highest BCUT2D eigenvalue weighted by Crippen LogP contribution is 2.15. The molecule has 1 aromatic carbocycles. The lowest BCUT2D eigenvalue weighted by Gasteiger charge is -2.13. The van der Waals surface area contributed by atoms with E-state index in [0.717, 1.165) is 18.0 Å². The van der Waals surface area contributed by atoms with Gasteiger partial charge in [0.05, 0.1) is 0 Å². The Morgan fingerprint density at radius 1 is 1.43 bits per heavy atom. The summed E-state index contributed by atoms with van der Waals surface area (Å²) in [6.45, 7) is 6.80. The van der Waals surface area contributed by atoms with Crippen LogP contribution in [-0.4, -0.2) is 6.54 Å². The lowest BCUT2D eigenvalue weighted by molar-refractivity contribution is 0.581. The van der Waals surface area contributed by atoms with Gasteiger partial charge >= 0.3 is 0 Å². The van der Waals surface area contributed by atoms with Crippen molar-refractivity contribution in [3.8, 4) is 0 Å². The van der Waals surface area contributed by atoms with Crippen molar-refractivity contribution in [2.75, 3.05) is 6.54 Å². The van der Waals surface area contributed by atoms with E-state index >= 15 is 0 Å². The fraction of sp³-hybridized carbons (Fsp3) is 0.333. The summed E-state index contributed by atoms with van der Waals surface area (Å²) < 4.78 is 0. The molecule has 2 heteroatoms. The van der Waals surface area contributed by atoms with E-state index in [-0.39, 0.29) is 0 Å². The van der Waals surface area contributed by atoms with Crippen molar-refractivity contribution < 1.29 is 0 Å². The lowest BCUT2D eigenvalue weighted by atomic mass is 10.1. The molecule has 1 nitrogen and oxygen atoms in total. The van der Waals surface area contributed by atoms with Gasteiger partial charge in [-0.15, -0.1) is 6.58 Å². The summed E-state index contributed by atoms with van der Waals surface area (Å²) in [4.78, 5) is 0. The van der Waals surface area contributed by atoms with E-state index in [0.29, 0.717) is 6.04 Å². The van der Waals surface area contributed by atoms with Crippen LogP contribution in [0.5, 0.6) is 0 Å². The summed E-state index contributed by atoms with van der Waals surface area (Å²) in [7, 11) is 0. The van der Waals surface area contributed by atoms with Crippen molar-refractivity contribution in [1.82, 2.24) is 5.32 Å². The summed E-state index contributed by atoms with van der Waals surface area (Å²) in [5.41, 5.74) is 1.26. The van der Waals surface area contributed by atoms with Crippen LogP contribution in [-0.2, 0) is 0 Å². The summed E-state index contributed by atoms with van der Waals surface area (Å²) in [6.07, 6.45) is 2.92. The molecule has 14 heavy (non-hydrogen) atoms. The molecule has 0 aliphatic heterocycles. The smallest absolute Gasteiger partial charge is 0.0406 e. The van der Waals surface area contributed by atoms with Gasteiger partial charge in [-0.25, -0.2) is 0 Å². The van der Waals surface area contributed by atoms with Gasteiger partial charge in [0, 0.05) is 11.1 Å². The molecule has 0 bridgehead atoms. The number of hydrogen-bond acceptors (Lipinski definition) is 1. The molecule has 1 unspecified atom stereocenters. The highest BCUT2D eigenvalue weighted by molar-refractivity contribution is 6.30. The summed E-state index contributed by atoms with van der Waals surface area (Å²) in [5.74, 6) is 0. The average molecular weight is 210 g/mol. The van der Waals surface area contributed by atoms with E-state index in [1.165, 1.54) is 5.56 Å². The Hall–Kier alpha value is -0.790. The van der Waals surface area contributed by atoms with Gasteiger partial charge in [-0.1, -0.05) is 29.8 Å². The van der Waals surface area contributed by atoms with Crippen molar-refractivity contribution in [2.24, 2.45) is 0 Å². The zero-order valence-electron chi connectivity index (χ0n) is 8.46. The zero-order valence-corrected chi connectivity index (χ0v) is 9.22. The van der Waals surface area contributed by atoms with E-state index in [2.05, 4.69) is 18.8 Å². The first-order chi connectivity index (χ1) is 6.74. The Morgan fingerprint density at radius 2 is 2.07 bits per heavy atom. The maximum atomic E-state index is 5.81. The molecule has 76 valence electrons. The first-order valence-electron chi connectivity index (χ1n) is 4.84. The third-order valence-electron chi connectivity index (χ3n) is 2.17. The van der Waals surface area contributed by atoms with Crippen LogP contribution in [0.25, 0.3) is 0 Å². The number of nitrogens with one attached hydrogen (secondary N) is 1. The predicted molar refractivity (Wildman–Crippen MR) is 62.7 cm³/mol. The minimum atomic E-state index is 0.368. The second-order valence-corrected chi connectivity index (χ2v) is 3.74. The molecule has 0 aliphatic carbocycles. The Balaban J connectivity index is 2.47. The molecule has 0 fully saturated rings. The maximum Gasteiger partial charge on any atom is 0.0406 e. The van der Waals surface area contributed by atoms with Crippen LogP contribution in [0.3, 0.4) is 0 Å². The molecule has 0 radical (unpaired) electrons. The van der Waals surface area contributed by atoms with Gasteiger partial charge in [-0.3, -0.25) is 0 Å². The predicted octanol–water partition coefficient (Wildman–Crippen LogP) is 3.57. The van der Waals surface area contributed by atoms with Gasteiger partial charge in [0.25, 0.3) is 0 Å². The Morgan fingerprint density at radius 3 is 2.64 bits per heavy atom. The number of rotatable bonds is 5. The van der Waals surface area contributed by atoms with Crippen LogP contribution >= 0.6 is 11.6 Å². The summed E-state index contributed by atoms with van der Waals surface area (Å²) in [5, 5.41) is 4.19. The second kappa shape index (κ2) is 5.84. The third kappa shape index (κ3) is 3.52. The molecule has 0 aromatic heterocycles. The standard InChI is InChI=1S/C12H16ClN/c1-3-4-9-14-10(2)11-5-7-12(13)8-6-11/h3,5-8,10,14H,1,4,9H2,2H3. The average Bonchev–Trinajstić information content (AvgIpc) is 2.19. The van der Waals surface area contributed by atoms with E-state index in [9.17, 15) is 0 Å². The molecular weight excluding hydrogens is 194 g/mol. The highest BCUT2D eigenvalue weighted by atomic mass is 35.5. The van der Waals surface area contributed by atoms with Crippen LogP contribution in [0.15, 0.2) is 36.9 Å². The molecule has 1 N–H and O–H groups in total. The fourth-order valence-electron chi connectivity index (χ4n) is 1.27. The normalized spacial score (nSPS) is 12.4. The Kier molecular flexibility index (Phi) is 4.71. The Labute approximate surface area is 90.8 Å². The van der Waals surface area contributed by atoms with Crippen molar-refractivity contribution in [3.63, 3.8) is 0 Å². The lowest BCUT2D eigenvalue weighted by Crippen LogP contribution is -2.19. The van der Waals surface area contributed by atoms with Crippen molar-refractivity contribution in [2.45, 2.75) is 19.4 Å². The summed E-state index contributed by atoms with van der Waals surface area (Å²) >= 11 is 5.81. The van der Waals surface area contributed by atoms with E-state index in [1.807, 2.05) is 30.3 Å². The van der Waals surface area contributed by atoms with Crippen LogP contribution in [0.2, 0.25) is 5.02 Å². The zero-order chi connectivity index (χ0) is 10.4. The van der Waals surface area contributed by atoms with Gasteiger partial charge in [-0.2, -0.15) is 0 Å². The van der Waals surface area contributed by atoms with Crippen molar-refractivity contribution >= 4 is 11.6 Å². The van der Waals surface area contributed by atoms with E-state index in [1.54, 1.807) is 0 Å². The molecule has 1 rings (SSSR count). The largest absolute Gasteiger partial charge is 0.310 e. The number of halogens is 1. The van der Waals surface area contributed by atoms with Gasteiger partial charge in [-0.05, 0) is 37.6 Å². The number of hydrogen-bond donors (Lipinski definition) is 1. The molecule has 0 saturated heterocycles. The molecule has 0 heterocycles. The van der Waals surface area contributed by atoms with Gasteiger partial charge < -0.3 is 5.32 Å². The molecule has 1 atom stereocenters.